The van der Waals surface area contributed by atoms with E-state index in [1.165, 1.54) is 24.8 Å². The molecular formula is C8H9BF7NO. The van der Waals surface area contributed by atoms with Gasteiger partial charge in [-0.15, -0.1) is 0 Å². The Bertz CT molecular complexity index is 384. The summed E-state index contributed by atoms with van der Waals surface area (Å²) in [4.78, 5) is 0. The highest BCUT2D eigenvalue weighted by Gasteiger charge is 2.33. The van der Waals surface area contributed by atoms with E-state index in [0.717, 1.165) is 12.3 Å². The zero-order valence-corrected chi connectivity index (χ0v) is 9.31. The third-order valence-corrected chi connectivity index (χ3v) is 1.62. The Labute approximate surface area is 98.1 Å². The summed E-state index contributed by atoms with van der Waals surface area (Å²) in [7, 11) is -3.10. The van der Waals surface area contributed by atoms with Gasteiger partial charge in [0.1, 0.15) is 12.6 Å². The molecule has 104 valence electrons. The van der Waals surface area contributed by atoms with Crippen LogP contribution in [-0.4, -0.2) is 14.4 Å². The molecule has 0 aliphatic rings. The molecule has 0 unspecified atom stereocenters. The molecule has 0 atom stereocenters. The number of hydrogen-bond acceptors (Lipinski definition) is 1. The molecule has 0 spiro atoms. The maximum Gasteiger partial charge on any atom is 0.673 e. The highest BCUT2D eigenvalue weighted by molar-refractivity contribution is 6.50. The standard InChI is InChI=1S/C8H9F3NO.BF4/c1-12-5-6(8(9,10)11)3-4-7(12)13-2;2-1(3,4)5/h3-5H,1-2H3;/q+1;-1. The fourth-order valence-electron chi connectivity index (χ4n) is 0.974. The van der Waals surface area contributed by atoms with Gasteiger partial charge in [0.15, 0.2) is 6.20 Å². The van der Waals surface area contributed by atoms with E-state index >= 15 is 0 Å². The predicted molar refractivity (Wildman–Crippen MR) is 49.4 cm³/mol. The van der Waals surface area contributed by atoms with E-state index in [0.29, 0.717) is 5.88 Å². The van der Waals surface area contributed by atoms with Crippen LogP contribution in [0.1, 0.15) is 5.56 Å². The Morgan fingerprint density at radius 1 is 1.11 bits per heavy atom. The van der Waals surface area contributed by atoms with Gasteiger partial charge in [-0.2, -0.15) is 17.7 Å². The maximum atomic E-state index is 12.1. The SMILES string of the molecule is COc1ccc(C(F)(F)F)c[n+]1C.F[B-](F)(F)F. The lowest BCUT2D eigenvalue weighted by molar-refractivity contribution is -0.677. The van der Waals surface area contributed by atoms with Gasteiger partial charge in [-0.25, -0.2) is 0 Å². The zero-order valence-electron chi connectivity index (χ0n) is 9.31. The molecular weight excluding hydrogens is 270 g/mol. The lowest BCUT2D eigenvalue weighted by atomic mass is 10.3. The summed E-state index contributed by atoms with van der Waals surface area (Å²) in [5.41, 5.74) is -0.684. The van der Waals surface area contributed by atoms with Crippen LogP contribution in [0.2, 0.25) is 0 Å². The average molecular weight is 279 g/mol. The topological polar surface area (TPSA) is 13.1 Å². The summed E-state index contributed by atoms with van der Waals surface area (Å²) in [5, 5.41) is 0. The largest absolute Gasteiger partial charge is 0.673 e. The quantitative estimate of drug-likeness (QED) is 0.437. The van der Waals surface area contributed by atoms with Crippen molar-refractivity contribution < 1.29 is 39.7 Å². The molecule has 2 nitrogen and oxygen atoms in total. The van der Waals surface area contributed by atoms with E-state index in [-0.39, 0.29) is 0 Å². The number of nitrogens with zero attached hydrogens (tertiary/aromatic N) is 1. The molecule has 18 heavy (non-hydrogen) atoms. The average Bonchev–Trinajstić information content (AvgIpc) is 2.13. The number of pyridine rings is 1. The van der Waals surface area contributed by atoms with Gasteiger partial charge in [0, 0.05) is 0 Å². The van der Waals surface area contributed by atoms with Crippen molar-refractivity contribution in [3.8, 4) is 5.88 Å². The number of rotatable bonds is 1. The third-order valence-electron chi connectivity index (χ3n) is 1.62. The Hall–Kier alpha value is -1.48. The number of aryl methyl sites for hydroxylation is 1. The maximum absolute atomic E-state index is 12.1. The lowest BCUT2D eigenvalue weighted by Crippen LogP contribution is -2.31. The highest BCUT2D eigenvalue weighted by atomic mass is 19.5. The van der Waals surface area contributed by atoms with Gasteiger partial charge < -0.3 is 22.0 Å². The number of ether oxygens (including phenoxy) is 1. The molecule has 1 heterocycles. The molecule has 0 aliphatic heterocycles. The van der Waals surface area contributed by atoms with Crippen molar-refractivity contribution in [1.82, 2.24) is 0 Å². The van der Waals surface area contributed by atoms with E-state index in [1.54, 1.807) is 0 Å². The van der Waals surface area contributed by atoms with Crippen molar-refractivity contribution in [2.24, 2.45) is 7.05 Å². The molecule has 0 N–H and O–H groups in total. The zero-order chi connectivity index (χ0) is 14.6. The normalized spacial score (nSPS) is 11.6. The fraction of sp³-hybridized carbons (Fsp3) is 0.375. The van der Waals surface area contributed by atoms with Gasteiger partial charge in [0.05, 0.1) is 13.2 Å². The van der Waals surface area contributed by atoms with Crippen LogP contribution >= 0.6 is 0 Å². The second-order valence-corrected chi connectivity index (χ2v) is 3.06. The van der Waals surface area contributed by atoms with Crippen molar-refractivity contribution in [3.63, 3.8) is 0 Å². The van der Waals surface area contributed by atoms with E-state index in [4.69, 9.17) is 4.74 Å². The molecule has 0 saturated heterocycles. The summed E-state index contributed by atoms with van der Waals surface area (Å²) < 4.78 is 81.5. The molecule has 10 heteroatoms. The van der Waals surface area contributed by atoms with Gasteiger partial charge in [-0.1, -0.05) is 0 Å². The van der Waals surface area contributed by atoms with Crippen LogP contribution < -0.4 is 9.30 Å². The first-order chi connectivity index (χ1) is 7.95. The monoisotopic (exact) mass is 279 g/mol. The summed E-state index contributed by atoms with van der Waals surface area (Å²) in [6.07, 6.45) is -3.32. The lowest BCUT2D eigenvalue weighted by Gasteiger charge is -2.04. The Morgan fingerprint density at radius 3 is 1.83 bits per heavy atom. The van der Waals surface area contributed by atoms with Gasteiger partial charge in [-0.05, 0) is 6.07 Å². The van der Waals surface area contributed by atoms with Gasteiger partial charge >= 0.3 is 19.3 Å². The second-order valence-electron chi connectivity index (χ2n) is 3.06. The number of aromatic nitrogens is 1. The molecule has 0 aromatic carbocycles. The van der Waals surface area contributed by atoms with Crippen LogP contribution in [-0.2, 0) is 13.2 Å². The molecule has 0 saturated carbocycles. The number of methoxy groups -OCH3 is 1. The minimum Gasteiger partial charge on any atom is -0.448 e. The number of halogens is 7. The first-order valence-electron chi connectivity index (χ1n) is 4.43. The van der Waals surface area contributed by atoms with E-state index in [9.17, 15) is 30.4 Å². The van der Waals surface area contributed by atoms with Crippen molar-refractivity contribution in [2.45, 2.75) is 6.18 Å². The van der Waals surface area contributed by atoms with Crippen LogP contribution in [0.5, 0.6) is 5.88 Å². The van der Waals surface area contributed by atoms with Crippen LogP contribution in [0.15, 0.2) is 18.3 Å². The number of alkyl halides is 3. The van der Waals surface area contributed by atoms with Crippen LogP contribution in [0, 0.1) is 0 Å². The summed E-state index contributed by atoms with van der Waals surface area (Å²) >= 11 is 0. The molecule has 1 aromatic rings. The van der Waals surface area contributed by atoms with Crippen molar-refractivity contribution in [2.75, 3.05) is 7.11 Å². The molecule has 1 rings (SSSR count). The molecule has 0 amide bonds. The van der Waals surface area contributed by atoms with Crippen molar-refractivity contribution in [3.05, 3.63) is 23.9 Å². The summed E-state index contributed by atoms with van der Waals surface area (Å²) in [6, 6.07) is 2.27. The Balaban J connectivity index is 0.000000494. The summed E-state index contributed by atoms with van der Waals surface area (Å²) in [6.45, 7) is 0. The minimum absolute atomic E-state index is 0.382. The predicted octanol–water partition coefficient (Wildman–Crippen LogP) is 2.84. The summed E-state index contributed by atoms with van der Waals surface area (Å²) in [5.74, 6) is 0.382. The van der Waals surface area contributed by atoms with Crippen LogP contribution in [0.4, 0.5) is 30.4 Å². The van der Waals surface area contributed by atoms with Crippen molar-refractivity contribution in [1.29, 1.82) is 0 Å². The third kappa shape index (κ3) is 6.97. The fourth-order valence-corrected chi connectivity index (χ4v) is 0.974. The second kappa shape index (κ2) is 5.92. The Kier molecular flexibility index (Phi) is 5.43. The van der Waals surface area contributed by atoms with Crippen molar-refractivity contribution >= 4 is 7.25 Å². The first-order valence-corrected chi connectivity index (χ1v) is 4.43. The van der Waals surface area contributed by atoms with Gasteiger partial charge in [-0.3, -0.25) is 0 Å². The first kappa shape index (κ1) is 16.5. The molecule has 0 fully saturated rings. The highest BCUT2D eigenvalue weighted by Crippen LogP contribution is 2.28. The van der Waals surface area contributed by atoms with E-state index < -0.39 is 19.0 Å². The molecule has 0 aliphatic carbocycles. The van der Waals surface area contributed by atoms with Gasteiger partial charge in [0.2, 0.25) is 0 Å². The van der Waals surface area contributed by atoms with E-state index in [2.05, 4.69) is 0 Å². The van der Waals surface area contributed by atoms with Crippen LogP contribution in [0.25, 0.3) is 0 Å². The number of hydrogen-bond donors (Lipinski definition) is 0. The molecule has 1 aromatic heterocycles. The smallest absolute Gasteiger partial charge is 0.448 e. The van der Waals surface area contributed by atoms with Crippen LogP contribution in [0.3, 0.4) is 0 Å². The minimum atomic E-state index is -6.00. The molecule has 0 radical (unpaired) electrons. The van der Waals surface area contributed by atoms with Gasteiger partial charge in [0.25, 0.3) is 0 Å². The molecule has 0 bridgehead atoms. The Morgan fingerprint density at radius 2 is 1.56 bits per heavy atom. The van der Waals surface area contributed by atoms with E-state index in [1.807, 2.05) is 0 Å².